The lowest BCUT2D eigenvalue weighted by atomic mass is 9.84. The minimum absolute atomic E-state index is 0.00511. The third-order valence-electron chi connectivity index (χ3n) is 9.71. The summed E-state index contributed by atoms with van der Waals surface area (Å²) in [6.45, 7) is 14.4. The maximum Gasteiger partial charge on any atom is 0.350 e. The molecule has 8 bridgehead atoms. The molecule has 42 heavy (non-hydrogen) atoms. The van der Waals surface area contributed by atoms with Crippen molar-refractivity contribution in [3.05, 3.63) is 69.5 Å². The number of hydrogen-bond acceptors (Lipinski definition) is 7. The van der Waals surface area contributed by atoms with E-state index in [1.54, 1.807) is 0 Å². The second-order valence-electron chi connectivity index (χ2n) is 11.9. The van der Waals surface area contributed by atoms with Gasteiger partial charge in [-0.2, -0.15) is 0 Å². The van der Waals surface area contributed by atoms with E-state index < -0.39 is 17.9 Å². The van der Waals surface area contributed by atoms with Crippen LogP contribution in [0.2, 0.25) is 0 Å². The van der Waals surface area contributed by atoms with Crippen molar-refractivity contribution >= 4 is 41.0 Å². The van der Waals surface area contributed by atoms with Crippen molar-refractivity contribution in [2.75, 3.05) is 0 Å². The first kappa shape index (κ1) is 27.9. The number of carbonyl (C=O) groups is 3. The number of allylic oxidation sites excluding steroid dienone is 4. The summed E-state index contributed by atoms with van der Waals surface area (Å²) in [5, 5.41) is 13.2. The molecular formula is C33H36N4O5. The fourth-order valence-corrected chi connectivity index (χ4v) is 7.23. The molecule has 1 aromatic heterocycles. The summed E-state index contributed by atoms with van der Waals surface area (Å²) in [4.78, 5) is 51.5. The van der Waals surface area contributed by atoms with E-state index in [9.17, 15) is 19.5 Å². The number of cyclic esters (lactones) is 2. The molecule has 0 aliphatic carbocycles. The second-order valence-corrected chi connectivity index (χ2v) is 11.9. The number of fused-ring (bicyclic) bond motifs is 5. The molecule has 5 aliphatic heterocycles. The summed E-state index contributed by atoms with van der Waals surface area (Å²) >= 11 is 0. The van der Waals surface area contributed by atoms with Crippen LogP contribution in [-0.2, 0) is 14.3 Å². The van der Waals surface area contributed by atoms with Crippen LogP contribution < -0.4 is 5.32 Å². The van der Waals surface area contributed by atoms with Crippen molar-refractivity contribution in [1.29, 1.82) is 0 Å². The number of ether oxygens (including phenoxy) is 1. The Morgan fingerprint density at radius 2 is 1.90 bits per heavy atom. The van der Waals surface area contributed by atoms with Crippen molar-refractivity contribution in [1.82, 2.24) is 10.3 Å². The van der Waals surface area contributed by atoms with Crippen LogP contribution in [0.15, 0.2) is 57.0 Å². The molecule has 1 aromatic rings. The lowest BCUT2D eigenvalue weighted by molar-refractivity contribution is -0.137. The van der Waals surface area contributed by atoms with E-state index in [0.29, 0.717) is 28.2 Å². The van der Waals surface area contributed by atoms with Gasteiger partial charge in [0.1, 0.15) is 5.57 Å². The number of carbonyl (C=O) groups excluding carboxylic acids is 2. The standard InChI is InChI=1S/C33H36N4O5/c1-7-18-14(3)21-11-23-16(5)20(9-10-27(38)39)30(36-23)29-31-28(32(40)42-33(29)41)17(6)24(37-31)13-26-19(8-2)15(4)22(35-26)12-25(18)34-21/h7,11,13,15-16,19-20,25,34,37H,1,8-10,12H2,2-6H3,(H,38,39)/b21-11-,26-13-,30-29+/t15?,16-,19?,20-,25?/m1/s1. The summed E-state index contributed by atoms with van der Waals surface area (Å²) in [5.74, 6) is -2.49. The van der Waals surface area contributed by atoms with Crippen molar-refractivity contribution in [3.8, 4) is 0 Å². The molecule has 0 saturated heterocycles. The Kier molecular flexibility index (Phi) is 6.78. The highest BCUT2D eigenvalue weighted by Gasteiger charge is 2.43. The quantitative estimate of drug-likeness (QED) is 0.316. The smallest absolute Gasteiger partial charge is 0.350 e. The van der Waals surface area contributed by atoms with E-state index >= 15 is 0 Å². The zero-order valence-corrected chi connectivity index (χ0v) is 24.6. The van der Waals surface area contributed by atoms with Gasteiger partial charge in [-0.3, -0.25) is 14.8 Å². The van der Waals surface area contributed by atoms with Crippen LogP contribution in [-0.4, -0.2) is 45.5 Å². The van der Waals surface area contributed by atoms with Crippen molar-refractivity contribution in [2.45, 2.75) is 66.3 Å². The number of aliphatic imine (C=N–C) groups is 2. The van der Waals surface area contributed by atoms with Crippen LogP contribution >= 0.6 is 0 Å². The molecule has 9 heteroatoms. The van der Waals surface area contributed by atoms with Gasteiger partial charge in [-0.15, -0.1) is 0 Å². The Labute approximate surface area is 244 Å². The Morgan fingerprint density at radius 3 is 2.60 bits per heavy atom. The molecule has 3 unspecified atom stereocenters. The van der Waals surface area contributed by atoms with Gasteiger partial charge >= 0.3 is 17.9 Å². The number of esters is 2. The number of carboxylic acid groups (broad SMARTS) is 1. The second kappa shape index (κ2) is 10.2. The minimum Gasteiger partial charge on any atom is -0.481 e. The summed E-state index contributed by atoms with van der Waals surface area (Å²) in [5.41, 5.74) is 8.57. The van der Waals surface area contributed by atoms with Crippen LogP contribution in [0.25, 0.3) is 11.6 Å². The Bertz CT molecular complexity index is 1650. The first-order valence-corrected chi connectivity index (χ1v) is 14.7. The Morgan fingerprint density at radius 1 is 1.14 bits per heavy atom. The molecule has 5 atom stereocenters. The zero-order chi connectivity index (χ0) is 30.0. The van der Waals surface area contributed by atoms with E-state index in [-0.39, 0.29) is 48.1 Å². The topological polar surface area (TPSA) is 133 Å². The van der Waals surface area contributed by atoms with Crippen LogP contribution in [0, 0.1) is 30.6 Å². The number of carboxylic acids is 1. The van der Waals surface area contributed by atoms with Crippen LogP contribution in [0.4, 0.5) is 0 Å². The zero-order valence-electron chi connectivity index (χ0n) is 24.6. The third-order valence-corrected chi connectivity index (χ3v) is 9.71. The number of rotatable bonds is 5. The van der Waals surface area contributed by atoms with E-state index in [4.69, 9.17) is 14.7 Å². The lowest BCUT2D eigenvalue weighted by Crippen LogP contribution is -2.29. The average Bonchev–Trinajstić information content (AvgIpc) is 3.61. The molecule has 5 aliphatic rings. The van der Waals surface area contributed by atoms with Crippen LogP contribution in [0.5, 0.6) is 0 Å². The maximum absolute atomic E-state index is 13.4. The predicted octanol–water partition coefficient (Wildman–Crippen LogP) is 5.52. The number of aromatic nitrogens is 1. The SMILES string of the molecule is C=CC1=C(C)/C2=C/C3=NC(=C4/C(=O)OC(=O)c5c4[nH]c(c5C)/C=C4\N=C(CC1N2)C(C)C4CC)/[C@H](CCC(=O)O)[C@H]3C. The van der Waals surface area contributed by atoms with Gasteiger partial charge in [-0.05, 0) is 55.6 Å². The van der Waals surface area contributed by atoms with Crippen molar-refractivity contribution in [3.63, 3.8) is 0 Å². The molecular weight excluding hydrogens is 532 g/mol. The minimum atomic E-state index is -0.922. The van der Waals surface area contributed by atoms with Crippen molar-refractivity contribution < 1.29 is 24.2 Å². The average molecular weight is 569 g/mol. The van der Waals surface area contributed by atoms with Crippen LogP contribution in [0.1, 0.15) is 80.7 Å². The summed E-state index contributed by atoms with van der Waals surface area (Å²) in [7, 11) is 0. The molecule has 3 N–H and O–H groups in total. The lowest BCUT2D eigenvalue weighted by Gasteiger charge is -2.21. The first-order valence-electron chi connectivity index (χ1n) is 14.7. The fraction of sp³-hybridized carbons (Fsp3) is 0.424. The van der Waals surface area contributed by atoms with Gasteiger partial charge in [-0.1, -0.05) is 33.4 Å². The third kappa shape index (κ3) is 4.25. The molecule has 0 amide bonds. The fourth-order valence-electron chi connectivity index (χ4n) is 7.23. The highest BCUT2D eigenvalue weighted by atomic mass is 16.6. The van der Waals surface area contributed by atoms with Gasteiger partial charge in [0.25, 0.3) is 0 Å². The molecule has 0 saturated carbocycles. The Balaban J connectivity index is 1.64. The molecule has 0 radical (unpaired) electrons. The molecule has 218 valence electrons. The van der Waals surface area contributed by atoms with Crippen LogP contribution in [0.3, 0.4) is 0 Å². The normalized spacial score (nSPS) is 32.5. The number of aliphatic carboxylic acids is 1. The van der Waals surface area contributed by atoms with Gasteiger partial charge in [0.15, 0.2) is 0 Å². The van der Waals surface area contributed by atoms with Gasteiger partial charge < -0.3 is 20.1 Å². The number of nitrogens with one attached hydrogen (secondary N) is 2. The number of H-pyrrole nitrogens is 1. The van der Waals surface area contributed by atoms with E-state index in [2.05, 4.69) is 37.7 Å². The molecule has 0 aromatic carbocycles. The number of aromatic amines is 1. The molecule has 6 heterocycles. The van der Waals surface area contributed by atoms with E-state index in [0.717, 1.165) is 46.8 Å². The van der Waals surface area contributed by atoms with Gasteiger partial charge in [0.2, 0.25) is 0 Å². The Hall–Kier alpha value is -4.27. The van der Waals surface area contributed by atoms with Crippen molar-refractivity contribution in [2.24, 2.45) is 33.7 Å². The number of nitrogens with zero attached hydrogens (tertiary/aromatic N) is 2. The largest absolute Gasteiger partial charge is 0.481 e. The molecule has 0 spiro atoms. The van der Waals surface area contributed by atoms with E-state index in [1.165, 1.54) is 0 Å². The van der Waals surface area contributed by atoms with Gasteiger partial charge in [0, 0.05) is 65.0 Å². The summed E-state index contributed by atoms with van der Waals surface area (Å²) in [6, 6.07) is 0.00511. The highest BCUT2D eigenvalue weighted by Crippen LogP contribution is 2.44. The molecule has 9 nitrogen and oxygen atoms in total. The molecule has 0 fully saturated rings. The molecule has 6 rings (SSSR count). The highest BCUT2D eigenvalue weighted by molar-refractivity contribution is 6.27. The summed E-state index contributed by atoms with van der Waals surface area (Å²) in [6.07, 6.45) is 7.74. The number of hydrogen-bond donors (Lipinski definition) is 3. The van der Waals surface area contributed by atoms with Gasteiger partial charge in [0.05, 0.1) is 23.0 Å². The maximum atomic E-state index is 13.4. The predicted molar refractivity (Wildman–Crippen MR) is 161 cm³/mol. The van der Waals surface area contributed by atoms with E-state index in [1.807, 2.05) is 32.1 Å². The monoisotopic (exact) mass is 568 g/mol. The summed E-state index contributed by atoms with van der Waals surface area (Å²) < 4.78 is 5.27. The first-order chi connectivity index (χ1) is 20.0. The van der Waals surface area contributed by atoms with Gasteiger partial charge in [-0.25, -0.2) is 9.59 Å².